The number of ether oxygens (including phenoxy) is 1. The highest BCUT2D eigenvalue weighted by molar-refractivity contribution is 8.26. The summed E-state index contributed by atoms with van der Waals surface area (Å²) in [6.45, 7) is 2.51. The first-order chi connectivity index (χ1) is 12.5. The highest BCUT2D eigenvalue weighted by Crippen LogP contribution is 2.33. The molecule has 26 heavy (non-hydrogen) atoms. The molecule has 8 heteroatoms. The Kier molecular flexibility index (Phi) is 5.53. The summed E-state index contributed by atoms with van der Waals surface area (Å²) in [4.78, 5) is 29.5. The Morgan fingerprint density at radius 1 is 1.38 bits per heavy atom. The van der Waals surface area contributed by atoms with Crippen molar-refractivity contribution in [2.75, 3.05) is 13.2 Å². The van der Waals surface area contributed by atoms with E-state index in [2.05, 4.69) is 4.98 Å². The van der Waals surface area contributed by atoms with Crippen LogP contribution in [0.25, 0.3) is 17.0 Å². The van der Waals surface area contributed by atoms with Gasteiger partial charge in [-0.3, -0.25) is 14.5 Å². The Balaban J connectivity index is 1.90. The fourth-order valence-corrected chi connectivity index (χ4v) is 3.82. The number of aliphatic carboxylic acids is 1. The minimum atomic E-state index is -0.970. The number of thioether (sulfide) groups is 1. The number of thiocarbonyl (C=S) groups is 1. The molecule has 0 unspecified atom stereocenters. The van der Waals surface area contributed by atoms with Crippen LogP contribution in [0.2, 0.25) is 0 Å². The van der Waals surface area contributed by atoms with Crippen molar-refractivity contribution in [1.29, 1.82) is 0 Å². The highest BCUT2D eigenvalue weighted by atomic mass is 32.2. The van der Waals surface area contributed by atoms with Crippen molar-refractivity contribution in [1.82, 2.24) is 9.88 Å². The number of benzene rings is 1. The van der Waals surface area contributed by atoms with Crippen molar-refractivity contribution in [3.63, 3.8) is 0 Å². The molecule has 1 aliphatic rings. The van der Waals surface area contributed by atoms with Gasteiger partial charge in [-0.1, -0.05) is 42.2 Å². The average molecular weight is 388 g/mol. The normalized spacial score (nSPS) is 15.9. The van der Waals surface area contributed by atoms with E-state index in [-0.39, 0.29) is 18.9 Å². The van der Waals surface area contributed by atoms with E-state index in [0.717, 1.165) is 22.7 Å². The second kappa shape index (κ2) is 7.84. The molecular formula is C18H16N2O4S2. The number of carbonyl (C=O) groups is 2. The topological polar surface area (TPSA) is 79.7 Å². The molecule has 134 valence electrons. The van der Waals surface area contributed by atoms with Gasteiger partial charge in [-0.15, -0.1) is 0 Å². The Labute approximate surface area is 159 Å². The molecule has 1 fully saturated rings. The average Bonchev–Trinajstić information content (AvgIpc) is 2.87. The van der Waals surface area contributed by atoms with E-state index in [4.69, 9.17) is 22.1 Å². The lowest BCUT2D eigenvalue weighted by atomic mass is 10.2. The molecule has 0 bridgehead atoms. The van der Waals surface area contributed by atoms with Crippen molar-refractivity contribution in [2.45, 2.75) is 13.3 Å². The van der Waals surface area contributed by atoms with Crippen molar-refractivity contribution in [3.8, 4) is 5.75 Å². The molecular weight excluding hydrogens is 372 g/mol. The maximum atomic E-state index is 12.5. The maximum absolute atomic E-state index is 12.5. The van der Waals surface area contributed by atoms with Gasteiger partial charge in [-0.05, 0) is 25.1 Å². The summed E-state index contributed by atoms with van der Waals surface area (Å²) in [5.41, 5.74) is 1.34. The second-order valence-corrected chi connectivity index (χ2v) is 7.15. The fourth-order valence-electron chi connectivity index (χ4n) is 2.52. The van der Waals surface area contributed by atoms with E-state index < -0.39 is 5.97 Å². The molecule has 1 aromatic heterocycles. The summed E-state index contributed by atoms with van der Waals surface area (Å²) in [6.07, 6.45) is 1.52. The molecule has 0 saturated carbocycles. The molecule has 1 N–H and O–H groups in total. The standard InChI is InChI=1S/C18H16N2O4S2/c1-2-24-13-5-3-4-11-6-7-12(19-16(11)13)10-14-17(23)20(18(25)26-14)9-8-15(21)22/h3-7,10H,2,8-9H2,1H3,(H,21,22)/b14-10-. The van der Waals surface area contributed by atoms with Crippen molar-refractivity contribution in [3.05, 3.63) is 40.9 Å². The van der Waals surface area contributed by atoms with Gasteiger partial charge in [0.05, 0.1) is 23.6 Å². The molecule has 1 aliphatic heterocycles. The molecule has 0 atom stereocenters. The summed E-state index contributed by atoms with van der Waals surface area (Å²) in [6, 6.07) is 9.44. The number of carboxylic acids is 1. The van der Waals surface area contributed by atoms with E-state index >= 15 is 0 Å². The van der Waals surface area contributed by atoms with Gasteiger partial charge in [-0.2, -0.15) is 0 Å². The lowest BCUT2D eigenvalue weighted by molar-refractivity contribution is -0.137. The molecule has 1 aromatic carbocycles. The number of hydrogen-bond donors (Lipinski definition) is 1. The first-order valence-electron chi connectivity index (χ1n) is 7.99. The minimum absolute atomic E-state index is 0.0664. The third-order valence-corrected chi connectivity index (χ3v) is 5.08. The number of fused-ring (bicyclic) bond motifs is 1. The largest absolute Gasteiger partial charge is 0.492 e. The molecule has 6 nitrogen and oxygen atoms in total. The third kappa shape index (κ3) is 3.86. The molecule has 0 aliphatic carbocycles. The van der Waals surface area contributed by atoms with Crippen LogP contribution >= 0.6 is 24.0 Å². The smallest absolute Gasteiger partial charge is 0.305 e. The predicted octanol–water partition coefficient (Wildman–Crippen LogP) is 3.31. The number of carboxylic acid groups (broad SMARTS) is 1. The van der Waals surface area contributed by atoms with Gasteiger partial charge in [0.2, 0.25) is 0 Å². The monoisotopic (exact) mass is 388 g/mol. The molecule has 3 rings (SSSR count). The number of pyridine rings is 1. The molecule has 1 saturated heterocycles. The van der Waals surface area contributed by atoms with Crippen LogP contribution in [0.15, 0.2) is 35.2 Å². The summed E-state index contributed by atoms with van der Waals surface area (Å²) in [5.74, 6) is -0.571. The quantitative estimate of drug-likeness (QED) is 0.601. The zero-order valence-corrected chi connectivity index (χ0v) is 15.6. The molecule has 2 heterocycles. The fraction of sp³-hybridized carbons (Fsp3) is 0.222. The summed E-state index contributed by atoms with van der Waals surface area (Å²) in [5, 5.41) is 9.74. The third-order valence-electron chi connectivity index (χ3n) is 3.71. The lowest BCUT2D eigenvalue weighted by Crippen LogP contribution is -2.30. The SMILES string of the molecule is CCOc1cccc2ccc(/C=C3\SC(=S)N(CCC(=O)O)C3=O)nc12. The van der Waals surface area contributed by atoms with Crippen molar-refractivity contribution in [2.24, 2.45) is 0 Å². The predicted molar refractivity (Wildman–Crippen MR) is 105 cm³/mol. The Bertz CT molecular complexity index is 927. The van der Waals surface area contributed by atoms with Gasteiger partial charge in [0, 0.05) is 11.9 Å². The lowest BCUT2D eigenvalue weighted by Gasteiger charge is -2.12. The highest BCUT2D eigenvalue weighted by Gasteiger charge is 2.32. The number of nitrogens with zero attached hydrogens (tertiary/aromatic N) is 2. The van der Waals surface area contributed by atoms with Crippen LogP contribution < -0.4 is 4.74 Å². The summed E-state index contributed by atoms with van der Waals surface area (Å²) < 4.78 is 5.97. The second-order valence-electron chi connectivity index (χ2n) is 5.47. The van der Waals surface area contributed by atoms with Crippen LogP contribution in [0.4, 0.5) is 0 Å². The van der Waals surface area contributed by atoms with Gasteiger partial charge in [-0.25, -0.2) is 4.98 Å². The number of rotatable bonds is 6. The first kappa shape index (κ1) is 18.3. The van der Waals surface area contributed by atoms with Gasteiger partial charge in [0.15, 0.2) is 0 Å². The van der Waals surface area contributed by atoms with Gasteiger partial charge < -0.3 is 9.84 Å². The Hall–Kier alpha value is -2.45. The number of aromatic nitrogens is 1. The Morgan fingerprint density at radius 3 is 2.92 bits per heavy atom. The van der Waals surface area contributed by atoms with Crippen LogP contribution in [0, 0.1) is 0 Å². The molecule has 2 aromatic rings. The summed E-state index contributed by atoms with van der Waals surface area (Å²) in [7, 11) is 0. The van der Waals surface area contributed by atoms with E-state index in [9.17, 15) is 9.59 Å². The first-order valence-corrected chi connectivity index (χ1v) is 9.22. The van der Waals surface area contributed by atoms with E-state index in [0.29, 0.717) is 27.3 Å². The molecule has 0 radical (unpaired) electrons. The number of carbonyl (C=O) groups excluding carboxylic acids is 1. The van der Waals surface area contributed by atoms with Crippen molar-refractivity contribution < 1.29 is 19.4 Å². The van der Waals surface area contributed by atoms with Crippen LogP contribution in [-0.4, -0.2) is 44.3 Å². The Morgan fingerprint density at radius 2 is 2.19 bits per heavy atom. The van der Waals surface area contributed by atoms with Gasteiger partial charge in [0.1, 0.15) is 15.6 Å². The number of amides is 1. The van der Waals surface area contributed by atoms with Gasteiger partial charge in [0.25, 0.3) is 5.91 Å². The van der Waals surface area contributed by atoms with Crippen LogP contribution in [0.1, 0.15) is 19.0 Å². The molecule has 0 spiro atoms. The number of para-hydroxylation sites is 1. The van der Waals surface area contributed by atoms with E-state index in [1.165, 1.54) is 4.90 Å². The van der Waals surface area contributed by atoms with Crippen LogP contribution in [0.5, 0.6) is 5.75 Å². The van der Waals surface area contributed by atoms with E-state index in [1.54, 1.807) is 6.08 Å². The van der Waals surface area contributed by atoms with Crippen molar-refractivity contribution >= 4 is 57.2 Å². The zero-order chi connectivity index (χ0) is 18.7. The zero-order valence-electron chi connectivity index (χ0n) is 14.0. The van der Waals surface area contributed by atoms with E-state index in [1.807, 2.05) is 37.3 Å². The maximum Gasteiger partial charge on any atom is 0.305 e. The molecule has 1 amide bonds. The number of hydrogen-bond acceptors (Lipinski definition) is 6. The van der Waals surface area contributed by atoms with Crippen LogP contribution in [0.3, 0.4) is 0 Å². The minimum Gasteiger partial charge on any atom is -0.492 e. The van der Waals surface area contributed by atoms with Crippen LogP contribution in [-0.2, 0) is 9.59 Å². The summed E-state index contributed by atoms with van der Waals surface area (Å²) >= 11 is 6.34. The van der Waals surface area contributed by atoms with Gasteiger partial charge >= 0.3 is 5.97 Å².